The second-order valence-corrected chi connectivity index (χ2v) is 23.8. The summed E-state index contributed by atoms with van der Waals surface area (Å²) in [6.07, 6.45) is 0.0762. The van der Waals surface area contributed by atoms with Crippen LogP contribution in [0, 0.1) is 52.3 Å². The zero-order chi connectivity index (χ0) is 60.6. The first-order valence-corrected chi connectivity index (χ1v) is 27.4. The molecular formula is C60H75N7O15. The van der Waals surface area contributed by atoms with E-state index in [0.29, 0.717) is 45.4 Å². The Balaban J connectivity index is 1.71. The Morgan fingerprint density at radius 2 is 1.20 bits per heavy atom. The molecule has 7 heterocycles. The number of carbonyl (C=O) groups is 8. The molecule has 440 valence electrons. The van der Waals surface area contributed by atoms with Gasteiger partial charge in [-0.1, -0.05) is 34.6 Å². The topological polar surface area (TPSA) is 332 Å². The van der Waals surface area contributed by atoms with Crippen LogP contribution in [-0.4, -0.2) is 128 Å². The lowest BCUT2D eigenvalue weighted by Crippen LogP contribution is -2.55. The lowest BCUT2D eigenvalue weighted by atomic mass is 9.55. The molecule has 0 radical (unpaired) electrons. The summed E-state index contributed by atoms with van der Waals surface area (Å²) in [7, 11) is 3.66. The van der Waals surface area contributed by atoms with E-state index in [1.807, 2.05) is 32.9 Å². The third kappa shape index (κ3) is 11.4. The zero-order valence-corrected chi connectivity index (χ0v) is 48.6. The van der Waals surface area contributed by atoms with E-state index in [4.69, 9.17) is 29.2 Å². The smallest absolute Gasteiger partial charge is 0.306 e. The maximum atomic E-state index is 15.3. The second-order valence-electron chi connectivity index (χ2n) is 23.8. The maximum Gasteiger partial charge on any atom is 0.306 e. The van der Waals surface area contributed by atoms with E-state index in [2.05, 4.69) is 20.6 Å². The highest BCUT2D eigenvalue weighted by atomic mass is 16.5. The molecule has 22 nitrogen and oxygen atoms in total. The number of methoxy groups -OCH3 is 3. The molecule has 5 aliphatic heterocycles. The molecule has 2 aromatic rings. The number of hydrogen-bond acceptors (Lipinski definition) is 17. The van der Waals surface area contributed by atoms with E-state index in [-0.39, 0.29) is 74.0 Å². The van der Waals surface area contributed by atoms with E-state index in [1.165, 1.54) is 33.6 Å². The number of nitrogens with one attached hydrogen (secondary N) is 2. The van der Waals surface area contributed by atoms with Crippen molar-refractivity contribution in [3.8, 4) is 11.4 Å². The van der Waals surface area contributed by atoms with Crippen molar-refractivity contribution in [2.75, 3.05) is 21.3 Å². The number of fused-ring (bicyclic) bond motifs is 6. The van der Waals surface area contributed by atoms with E-state index in [1.54, 1.807) is 53.8 Å². The first-order chi connectivity index (χ1) is 38.4. The molecule has 1 fully saturated rings. The number of aliphatic imine (C=N–C) groups is 3. The zero-order valence-electron chi connectivity index (χ0n) is 48.6. The third-order valence-corrected chi connectivity index (χ3v) is 18.5. The average Bonchev–Trinajstić information content (AvgIpc) is 3.21. The molecule has 0 spiro atoms. The fraction of sp³-hybridized carbons (Fsp3) is 0.550. The largest absolute Gasteiger partial charge is 0.481 e. The number of allylic oxidation sites excluding steroid dienone is 6. The van der Waals surface area contributed by atoms with Gasteiger partial charge in [-0.25, -0.2) is 0 Å². The lowest BCUT2D eigenvalue weighted by molar-refractivity contribution is -0.147. The van der Waals surface area contributed by atoms with Gasteiger partial charge < -0.3 is 45.3 Å². The number of aryl methyl sites for hydroxylation is 1. The Morgan fingerprint density at radius 3 is 1.77 bits per heavy atom. The van der Waals surface area contributed by atoms with Gasteiger partial charge in [0, 0.05) is 117 Å². The van der Waals surface area contributed by atoms with Gasteiger partial charge in [-0.3, -0.25) is 63.3 Å². The first kappa shape index (κ1) is 61.7. The highest BCUT2D eigenvalue weighted by molar-refractivity contribution is 6.13. The quantitative estimate of drug-likeness (QED) is 0.0515. The second kappa shape index (κ2) is 23.5. The van der Waals surface area contributed by atoms with Crippen molar-refractivity contribution in [2.24, 2.45) is 60.3 Å². The molecule has 8 bridgehead atoms. The van der Waals surface area contributed by atoms with Gasteiger partial charge in [-0.15, -0.1) is 0 Å². The molecule has 1 saturated heterocycles. The van der Waals surface area contributed by atoms with Gasteiger partial charge in [-0.2, -0.15) is 0 Å². The van der Waals surface area contributed by atoms with Gasteiger partial charge >= 0.3 is 41.8 Å². The van der Waals surface area contributed by atoms with E-state index in [9.17, 15) is 54.0 Å². The molecule has 1 unspecified atom stereocenters. The summed E-state index contributed by atoms with van der Waals surface area (Å²) in [5, 5.41) is 48.5. The molecule has 0 saturated carbocycles. The van der Waals surface area contributed by atoms with E-state index in [0.717, 1.165) is 5.56 Å². The predicted octanol–water partition coefficient (Wildman–Crippen LogP) is 7.71. The van der Waals surface area contributed by atoms with Gasteiger partial charge in [0.15, 0.2) is 0 Å². The summed E-state index contributed by atoms with van der Waals surface area (Å²) in [4.78, 5) is 134. The Labute approximate surface area is 476 Å². The maximum absolute atomic E-state index is 15.3. The van der Waals surface area contributed by atoms with Crippen molar-refractivity contribution in [2.45, 2.75) is 145 Å². The predicted molar refractivity (Wildman–Crippen MR) is 299 cm³/mol. The molecule has 82 heavy (non-hydrogen) atoms. The number of aromatic nitrogens is 2. The summed E-state index contributed by atoms with van der Waals surface area (Å²) in [6.45, 7) is 16.2. The van der Waals surface area contributed by atoms with Crippen molar-refractivity contribution in [3.05, 3.63) is 81.7 Å². The summed E-state index contributed by atoms with van der Waals surface area (Å²) >= 11 is 0. The van der Waals surface area contributed by atoms with Crippen molar-refractivity contribution < 1.29 is 73.0 Å². The summed E-state index contributed by atoms with van der Waals surface area (Å²) in [6, 6.07) is 5.61. The molecule has 22 heteroatoms. The summed E-state index contributed by atoms with van der Waals surface area (Å²) in [5.41, 5.74) is -2.45. The normalized spacial score (nSPS) is 30.6. The number of rotatable bonds is 21. The Kier molecular flexibility index (Phi) is 17.7. The number of amides is 1. The number of carboxylic acids is 4. The van der Waals surface area contributed by atoms with Crippen LogP contribution in [0.3, 0.4) is 0 Å². The number of carbonyl (C=O) groups excluding carboxylic acids is 4. The SMILES string of the molecule is COC(=O)C[C@H]1C2N=C(/C(C)=C3N=C(/C(NC(=O)c4ccnc(-c5cc(C)ccn5)c4)=C4\N/C(=C(/C)C5=N[C@]2(C)[C@@](C)(CC(=O)OC)[C@@H]5CCC(=O)O)[C@@](C)(CC(=O)OC)[C@@H]4CCC(=O)O)C(C)(C)[C@@H]\3CCC(=O)O)[C@]1(C)CCC(=O)O. The number of hydrogen-bond donors (Lipinski definition) is 6. The van der Waals surface area contributed by atoms with E-state index < -0.39 is 124 Å². The Bertz CT molecular complexity index is 3210. The van der Waals surface area contributed by atoms with Crippen LogP contribution in [0.5, 0.6) is 0 Å². The minimum absolute atomic E-state index is 0.0159. The van der Waals surface area contributed by atoms with Crippen LogP contribution in [0.15, 0.2) is 85.6 Å². The number of carboxylic acid groups (broad SMARTS) is 4. The van der Waals surface area contributed by atoms with Gasteiger partial charge in [0.1, 0.15) is 0 Å². The molecule has 2 aromatic heterocycles. The van der Waals surface area contributed by atoms with Crippen LogP contribution in [0.1, 0.15) is 142 Å². The lowest BCUT2D eigenvalue weighted by Gasteiger charge is -2.48. The minimum Gasteiger partial charge on any atom is -0.481 e. The molecule has 0 aromatic carbocycles. The summed E-state index contributed by atoms with van der Waals surface area (Å²) in [5.74, 6) is -10.9. The third-order valence-electron chi connectivity index (χ3n) is 18.5. The molecule has 1 amide bonds. The Hall–Kier alpha value is -7.91. The highest BCUT2D eigenvalue weighted by Gasteiger charge is 2.67. The van der Waals surface area contributed by atoms with Crippen molar-refractivity contribution >= 4 is 64.8 Å². The average molecular weight is 1130 g/mol. The molecule has 7 rings (SSSR count). The van der Waals surface area contributed by atoms with Crippen LogP contribution in [-0.2, 0) is 47.8 Å². The van der Waals surface area contributed by atoms with Gasteiger partial charge in [0.2, 0.25) is 0 Å². The van der Waals surface area contributed by atoms with Gasteiger partial charge in [-0.05, 0) is 94.4 Å². The number of esters is 3. The number of nitrogens with zero attached hydrogens (tertiary/aromatic N) is 5. The number of pyridine rings is 2. The van der Waals surface area contributed by atoms with Gasteiger partial charge in [0.25, 0.3) is 5.91 Å². The molecule has 6 N–H and O–H groups in total. The standard InChI is InChI=1S/C60H75N7O15/c1-30-20-23-61-38(25-30)39-26-33(21-24-62-39)55(79)65-50-49-35(14-17-41(70)71)58(7,28-45(77)81-11)52(64-49)32(3)48-36(15-18-42(72)73)59(8,29-46(78)82-12)60(9,67-48)53-37(27-44(76)80-10)57(6,22-19-43(74)75)51(66-53)31(2)47-34(13-16-40(68)69)56(4,5)54(50)63-47/h20-21,23-26,34-37,53,64H,13-19,22,27-29H2,1-12H3,(H,65,79)(H,68,69)(H,70,71)(H,72,73)(H,74,75)/b47-31-,50-49+,52-32-/t34-,35-,36-,37+,53?,57-,58+,59+,60+/m1/s1. The van der Waals surface area contributed by atoms with Gasteiger partial charge in [0.05, 0.1) is 75.0 Å². The first-order valence-electron chi connectivity index (χ1n) is 27.4. The Morgan fingerprint density at radius 1 is 0.646 bits per heavy atom. The van der Waals surface area contributed by atoms with Crippen LogP contribution in [0.2, 0.25) is 0 Å². The monoisotopic (exact) mass is 1130 g/mol. The number of ether oxygens (including phenoxy) is 3. The van der Waals surface area contributed by atoms with Crippen molar-refractivity contribution in [1.82, 2.24) is 20.6 Å². The fourth-order valence-corrected chi connectivity index (χ4v) is 13.8. The molecule has 9 atom stereocenters. The van der Waals surface area contributed by atoms with Crippen LogP contribution in [0.4, 0.5) is 0 Å². The molecule has 0 aliphatic carbocycles. The van der Waals surface area contributed by atoms with E-state index >= 15 is 4.79 Å². The molecule has 5 aliphatic rings. The minimum atomic E-state index is -1.58. The fourth-order valence-electron chi connectivity index (χ4n) is 13.8. The van der Waals surface area contributed by atoms with Crippen molar-refractivity contribution in [1.29, 1.82) is 0 Å². The number of aliphatic carboxylic acids is 4. The molecular weight excluding hydrogens is 1060 g/mol. The van der Waals surface area contributed by atoms with Crippen LogP contribution in [0.25, 0.3) is 11.4 Å². The van der Waals surface area contributed by atoms with Crippen LogP contribution < -0.4 is 10.6 Å². The highest BCUT2D eigenvalue weighted by Crippen LogP contribution is 2.63. The summed E-state index contributed by atoms with van der Waals surface area (Å²) < 4.78 is 16.1. The van der Waals surface area contributed by atoms with Crippen LogP contribution >= 0.6 is 0 Å². The van der Waals surface area contributed by atoms with Crippen molar-refractivity contribution in [3.63, 3.8) is 0 Å².